The molecule has 428 valence electrons. The van der Waals surface area contributed by atoms with Crippen molar-refractivity contribution in [2.24, 2.45) is 17.8 Å². The molecule has 82 heavy (non-hydrogen) atoms. The molecule has 7 rings (SSSR count). The molecular weight excluding hydrogens is 1050 g/mol. The van der Waals surface area contributed by atoms with Crippen molar-refractivity contribution in [2.45, 2.75) is 83.8 Å². The molecular formula is C61H70B2N6O13. The molecule has 6 aromatic rings. The van der Waals surface area contributed by atoms with Crippen molar-refractivity contribution in [1.29, 1.82) is 0 Å². The van der Waals surface area contributed by atoms with Gasteiger partial charge in [-0.3, -0.25) is 28.8 Å². The first-order chi connectivity index (χ1) is 39.7. The Morgan fingerprint density at radius 2 is 0.671 bits per heavy atom. The Hall–Kier alpha value is -8.01. The number of ether oxygens (including phenoxy) is 3. The summed E-state index contributed by atoms with van der Waals surface area (Å²) in [5, 5.41) is 55.4. The summed E-state index contributed by atoms with van der Waals surface area (Å²) in [6, 6.07) is 44.1. The Morgan fingerprint density at radius 1 is 0.402 bits per heavy atom. The molecule has 1 unspecified atom stereocenters. The number of hydrogen-bond acceptors (Lipinski definition) is 13. The summed E-state index contributed by atoms with van der Waals surface area (Å²) < 4.78 is 18.0. The van der Waals surface area contributed by atoms with Crippen LogP contribution in [0.5, 0.6) is 0 Å². The van der Waals surface area contributed by atoms with E-state index in [9.17, 15) is 48.9 Å². The van der Waals surface area contributed by atoms with Gasteiger partial charge < -0.3 is 66.2 Å². The van der Waals surface area contributed by atoms with E-state index in [4.69, 9.17) is 14.2 Å². The van der Waals surface area contributed by atoms with Gasteiger partial charge in [0, 0.05) is 37.4 Å². The van der Waals surface area contributed by atoms with Crippen molar-refractivity contribution in [3.05, 3.63) is 203 Å². The number of carbonyl (C=O) groups is 6. The van der Waals surface area contributed by atoms with Gasteiger partial charge in [-0.25, -0.2) is 0 Å². The lowest BCUT2D eigenvalue weighted by atomic mass is 9.73. The zero-order valence-electron chi connectivity index (χ0n) is 45.7. The summed E-state index contributed by atoms with van der Waals surface area (Å²) >= 11 is 0. The summed E-state index contributed by atoms with van der Waals surface area (Å²) in [5.41, 5.74) is 6.12. The van der Waals surface area contributed by atoms with Crippen LogP contribution in [-0.4, -0.2) is 108 Å². The standard InChI is InChI=1S/C61H70B2N6O13/c1-41-17-19-42(20-18-41)32-64-59(73)53(38-80-35-45-11-5-2-6-12-45)67-56(70)48-29-49(57(71)68-54(39-81-36-46-13-7-3-8-14-46)60(74)65-33-43-21-25-51(26-22-43)62(76)77)31-50(30-48)58(72)69-55(40-82-37-47-15-9-4-10-16-47)61(75)66-34-44-23-27-52(28-24-44)63(78)79/h2-28,48-50,53-55,76-79H,29-40H2,1H3,(H,64,73)(H,65,74)(H,66,75)(H,67,70)(H,68,71)(H,69,72)/t48?,49-,50+,53-,54-,55-/m0/s1. The van der Waals surface area contributed by atoms with Crippen LogP contribution in [0, 0.1) is 24.7 Å². The Morgan fingerprint density at radius 3 is 0.939 bits per heavy atom. The zero-order chi connectivity index (χ0) is 58.2. The Kier molecular flexibility index (Phi) is 23.9. The second-order valence-electron chi connectivity index (χ2n) is 20.4. The van der Waals surface area contributed by atoms with Gasteiger partial charge in [0.05, 0.1) is 39.6 Å². The van der Waals surface area contributed by atoms with Crippen molar-refractivity contribution in [3.8, 4) is 0 Å². The summed E-state index contributed by atoms with van der Waals surface area (Å²) in [6.45, 7) is 1.74. The largest absolute Gasteiger partial charge is 0.488 e. The highest BCUT2D eigenvalue weighted by Gasteiger charge is 2.42. The molecule has 1 saturated carbocycles. The molecule has 0 radical (unpaired) electrons. The second kappa shape index (κ2) is 31.8. The molecule has 1 aliphatic carbocycles. The quantitative estimate of drug-likeness (QED) is 0.0300. The average molecular weight is 1120 g/mol. The van der Waals surface area contributed by atoms with Crippen LogP contribution in [0.15, 0.2) is 164 Å². The smallest absolute Gasteiger partial charge is 0.423 e. The van der Waals surface area contributed by atoms with Crippen molar-refractivity contribution in [1.82, 2.24) is 31.9 Å². The van der Waals surface area contributed by atoms with Gasteiger partial charge in [-0.2, -0.15) is 0 Å². The minimum Gasteiger partial charge on any atom is -0.423 e. The first-order valence-corrected chi connectivity index (χ1v) is 27.2. The number of aryl methyl sites for hydroxylation is 1. The third-order valence-corrected chi connectivity index (χ3v) is 14.0. The fraction of sp³-hybridized carbons (Fsp3) is 0.311. The van der Waals surface area contributed by atoms with E-state index in [0.717, 1.165) is 27.8 Å². The molecule has 0 saturated heterocycles. The minimum absolute atomic E-state index is 0.0123. The van der Waals surface area contributed by atoms with Crippen LogP contribution in [-0.2, 0) is 82.4 Å². The third-order valence-electron chi connectivity index (χ3n) is 14.0. The fourth-order valence-corrected chi connectivity index (χ4v) is 9.24. The van der Waals surface area contributed by atoms with Crippen molar-refractivity contribution < 1.29 is 63.1 Å². The topological polar surface area (TPSA) is 283 Å². The molecule has 0 heterocycles. The predicted octanol–water partition coefficient (Wildman–Crippen LogP) is 1.74. The molecule has 19 nitrogen and oxygen atoms in total. The van der Waals surface area contributed by atoms with E-state index in [0.29, 0.717) is 11.1 Å². The zero-order valence-corrected chi connectivity index (χ0v) is 45.7. The maximum atomic E-state index is 14.7. The third kappa shape index (κ3) is 19.9. The molecule has 1 fully saturated rings. The van der Waals surface area contributed by atoms with Crippen molar-refractivity contribution in [3.63, 3.8) is 0 Å². The summed E-state index contributed by atoms with van der Waals surface area (Å²) in [7, 11) is -3.36. The van der Waals surface area contributed by atoms with E-state index in [2.05, 4.69) is 31.9 Å². The van der Waals surface area contributed by atoms with Gasteiger partial charge in [0.15, 0.2) is 0 Å². The number of amides is 6. The molecule has 6 aromatic carbocycles. The highest BCUT2D eigenvalue weighted by Crippen LogP contribution is 2.35. The molecule has 0 bridgehead atoms. The molecule has 1 aliphatic rings. The number of benzene rings is 6. The van der Waals surface area contributed by atoms with Gasteiger partial charge in [-0.1, -0.05) is 169 Å². The van der Waals surface area contributed by atoms with Gasteiger partial charge in [0.2, 0.25) is 35.4 Å². The van der Waals surface area contributed by atoms with Gasteiger partial charge in [-0.15, -0.1) is 0 Å². The number of hydrogen-bond donors (Lipinski definition) is 10. The van der Waals surface area contributed by atoms with E-state index in [1.54, 1.807) is 24.3 Å². The van der Waals surface area contributed by atoms with Crippen LogP contribution in [0.1, 0.15) is 58.2 Å². The maximum absolute atomic E-state index is 14.7. The summed E-state index contributed by atoms with van der Waals surface area (Å²) in [5.74, 6) is -6.85. The fourth-order valence-electron chi connectivity index (χ4n) is 9.24. The van der Waals surface area contributed by atoms with E-state index in [1.165, 1.54) is 24.3 Å². The summed E-state index contributed by atoms with van der Waals surface area (Å²) in [4.78, 5) is 86.3. The van der Waals surface area contributed by atoms with Gasteiger partial charge in [-0.05, 0) is 70.5 Å². The van der Waals surface area contributed by atoms with Crippen LogP contribution in [0.3, 0.4) is 0 Å². The first-order valence-electron chi connectivity index (χ1n) is 27.2. The second-order valence-corrected chi connectivity index (χ2v) is 20.4. The lowest BCUT2D eigenvalue weighted by Gasteiger charge is -2.35. The molecule has 6 atom stereocenters. The number of carbonyl (C=O) groups excluding carboxylic acids is 6. The van der Waals surface area contributed by atoms with Crippen LogP contribution in [0.2, 0.25) is 0 Å². The number of nitrogens with one attached hydrogen (secondary N) is 6. The van der Waals surface area contributed by atoms with Crippen molar-refractivity contribution in [2.75, 3.05) is 19.8 Å². The van der Waals surface area contributed by atoms with Crippen LogP contribution < -0.4 is 42.8 Å². The van der Waals surface area contributed by atoms with Crippen LogP contribution >= 0.6 is 0 Å². The Balaban J connectivity index is 1.13. The van der Waals surface area contributed by atoms with E-state index in [1.807, 2.05) is 122 Å². The highest BCUT2D eigenvalue weighted by atomic mass is 16.5. The maximum Gasteiger partial charge on any atom is 0.488 e. The minimum atomic E-state index is -1.68. The lowest BCUT2D eigenvalue weighted by Crippen LogP contribution is -2.55. The van der Waals surface area contributed by atoms with Gasteiger partial charge >= 0.3 is 14.2 Å². The van der Waals surface area contributed by atoms with Gasteiger partial charge in [0.25, 0.3) is 0 Å². The van der Waals surface area contributed by atoms with E-state index in [-0.39, 0.29) is 89.5 Å². The summed E-state index contributed by atoms with van der Waals surface area (Å²) in [6.07, 6.45) is -0.294. The molecule has 0 aromatic heterocycles. The monoisotopic (exact) mass is 1120 g/mol. The van der Waals surface area contributed by atoms with E-state index < -0.39 is 85.6 Å². The van der Waals surface area contributed by atoms with Gasteiger partial charge in [0.1, 0.15) is 18.1 Å². The predicted molar refractivity (Wildman–Crippen MR) is 308 cm³/mol. The van der Waals surface area contributed by atoms with Crippen LogP contribution in [0.4, 0.5) is 0 Å². The first kappa shape index (κ1) is 61.6. The molecule has 10 N–H and O–H groups in total. The molecule has 0 spiro atoms. The number of rotatable bonds is 29. The molecule has 0 aliphatic heterocycles. The molecule has 6 amide bonds. The average Bonchev–Trinajstić information content (AvgIpc) is 3.50. The Bertz CT molecular complexity index is 2840. The normalized spacial score (nSPS) is 15.8. The lowest BCUT2D eigenvalue weighted by molar-refractivity contribution is -0.140. The molecule has 21 heteroatoms. The van der Waals surface area contributed by atoms with E-state index >= 15 is 0 Å². The van der Waals surface area contributed by atoms with Crippen molar-refractivity contribution >= 4 is 60.6 Å². The Labute approximate surface area is 477 Å². The SMILES string of the molecule is Cc1ccc(CNC(=O)[C@H](COCc2ccccc2)NC(=O)C2C[C@@H](C(=O)N[C@@H](COCc3ccccc3)C(=O)NCc3ccc(B(O)O)cc3)C[C@@H](C(=O)N[C@@H](COCc3ccccc3)C(=O)NCc3ccc(B(O)O)cc3)C2)cc1. The highest BCUT2D eigenvalue weighted by molar-refractivity contribution is 6.58. The van der Waals surface area contributed by atoms with Crippen LogP contribution in [0.25, 0.3) is 0 Å².